The average molecular weight is 260 g/mol. The highest BCUT2D eigenvalue weighted by Gasteiger charge is 2.53. The molecule has 2 unspecified atom stereocenters. The number of hydrogen-bond acceptors (Lipinski definition) is 4. The zero-order chi connectivity index (χ0) is 11.9. The second-order valence-electron chi connectivity index (χ2n) is 5.31. The Labute approximate surface area is 110 Å². The predicted molar refractivity (Wildman–Crippen MR) is 72.6 cm³/mol. The number of hydrogen-bond donors (Lipinski definition) is 1. The number of ether oxygens (including phenoxy) is 1. The van der Waals surface area contributed by atoms with Crippen LogP contribution in [0, 0.1) is 17.8 Å². The number of benzene rings is 1. The Morgan fingerprint density at radius 2 is 2.22 bits per heavy atom. The lowest BCUT2D eigenvalue weighted by Crippen LogP contribution is -2.19. The van der Waals surface area contributed by atoms with Gasteiger partial charge in [0.15, 0.2) is 0 Å². The minimum absolute atomic E-state index is 0.846. The highest BCUT2D eigenvalue weighted by Crippen LogP contribution is 2.50. The molecule has 4 rings (SSSR count). The second kappa shape index (κ2) is 4.30. The van der Waals surface area contributed by atoms with E-state index in [1.807, 2.05) is 5.51 Å². The molecule has 18 heavy (non-hydrogen) atoms. The Kier molecular flexibility index (Phi) is 2.60. The third kappa shape index (κ3) is 1.85. The quantitative estimate of drug-likeness (QED) is 0.915. The molecule has 2 aromatic rings. The van der Waals surface area contributed by atoms with Crippen LogP contribution in [-0.2, 0) is 11.3 Å². The third-order valence-corrected chi connectivity index (χ3v) is 5.04. The zero-order valence-electron chi connectivity index (χ0n) is 10.1. The van der Waals surface area contributed by atoms with Crippen molar-refractivity contribution in [3.63, 3.8) is 0 Å². The van der Waals surface area contributed by atoms with Gasteiger partial charge < -0.3 is 10.1 Å². The molecule has 4 heteroatoms. The fourth-order valence-electron chi connectivity index (χ4n) is 3.06. The normalized spacial score (nSPS) is 29.7. The van der Waals surface area contributed by atoms with Crippen molar-refractivity contribution in [1.29, 1.82) is 0 Å². The molecule has 3 nitrogen and oxygen atoms in total. The molecule has 1 saturated heterocycles. The van der Waals surface area contributed by atoms with E-state index in [0.717, 1.165) is 49.6 Å². The van der Waals surface area contributed by atoms with E-state index >= 15 is 0 Å². The number of aromatic nitrogens is 1. The van der Waals surface area contributed by atoms with Crippen molar-refractivity contribution in [2.45, 2.75) is 6.54 Å². The van der Waals surface area contributed by atoms with Crippen LogP contribution in [0.15, 0.2) is 23.7 Å². The molecule has 0 bridgehead atoms. The van der Waals surface area contributed by atoms with Crippen LogP contribution in [0.2, 0.25) is 0 Å². The molecule has 1 N–H and O–H groups in total. The first kappa shape index (κ1) is 10.9. The van der Waals surface area contributed by atoms with Crippen molar-refractivity contribution in [3.8, 4) is 0 Å². The molecule has 0 radical (unpaired) electrons. The van der Waals surface area contributed by atoms with E-state index < -0.39 is 0 Å². The number of rotatable bonds is 4. The first-order valence-electron chi connectivity index (χ1n) is 6.52. The molecule has 1 aromatic heterocycles. The van der Waals surface area contributed by atoms with Crippen molar-refractivity contribution in [2.24, 2.45) is 17.8 Å². The van der Waals surface area contributed by atoms with E-state index in [9.17, 15) is 0 Å². The van der Waals surface area contributed by atoms with Gasteiger partial charge in [-0.15, -0.1) is 11.3 Å². The van der Waals surface area contributed by atoms with Crippen molar-refractivity contribution in [1.82, 2.24) is 10.3 Å². The zero-order valence-corrected chi connectivity index (χ0v) is 11.0. The van der Waals surface area contributed by atoms with Gasteiger partial charge in [-0.05, 0) is 42.0 Å². The van der Waals surface area contributed by atoms with Gasteiger partial charge in [-0.25, -0.2) is 4.98 Å². The first-order valence-corrected chi connectivity index (χ1v) is 7.40. The smallest absolute Gasteiger partial charge is 0.0815 e. The highest BCUT2D eigenvalue weighted by molar-refractivity contribution is 7.16. The molecule has 2 atom stereocenters. The van der Waals surface area contributed by atoms with Gasteiger partial charge in [-0.2, -0.15) is 0 Å². The standard InChI is InChI=1S/C14H16N2OS/c1-2-14-13(16-8-18-14)3-9(1)4-15-5-10-11-6-17-7-12(10)11/h1-3,8,10-12,15H,4-7H2. The number of fused-ring (bicyclic) bond motifs is 2. The Hall–Kier alpha value is -0.970. The van der Waals surface area contributed by atoms with Gasteiger partial charge in [0.05, 0.1) is 28.9 Å². The molecule has 94 valence electrons. The molecular weight excluding hydrogens is 244 g/mol. The van der Waals surface area contributed by atoms with Crippen LogP contribution in [0.3, 0.4) is 0 Å². The summed E-state index contributed by atoms with van der Waals surface area (Å²) >= 11 is 1.70. The minimum Gasteiger partial charge on any atom is -0.381 e. The maximum Gasteiger partial charge on any atom is 0.0815 e. The van der Waals surface area contributed by atoms with E-state index in [-0.39, 0.29) is 0 Å². The first-order chi connectivity index (χ1) is 8.92. The summed E-state index contributed by atoms with van der Waals surface area (Å²) in [5.41, 5.74) is 4.36. The second-order valence-corrected chi connectivity index (χ2v) is 6.20. The SMILES string of the molecule is c1nc2cc(CNCC3C4COCC34)ccc2s1. The van der Waals surface area contributed by atoms with Crippen LogP contribution < -0.4 is 5.32 Å². The van der Waals surface area contributed by atoms with Crippen molar-refractivity contribution < 1.29 is 4.74 Å². The van der Waals surface area contributed by atoms with Crippen LogP contribution in [0.25, 0.3) is 10.2 Å². The summed E-state index contributed by atoms with van der Waals surface area (Å²) in [6.45, 7) is 4.06. The maximum absolute atomic E-state index is 5.41. The molecule has 2 heterocycles. The van der Waals surface area contributed by atoms with Crippen LogP contribution in [0.1, 0.15) is 5.56 Å². The fraction of sp³-hybridized carbons (Fsp3) is 0.500. The van der Waals surface area contributed by atoms with Crippen LogP contribution >= 0.6 is 11.3 Å². The molecular formula is C14H16N2OS. The van der Waals surface area contributed by atoms with Gasteiger partial charge in [0.25, 0.3) is 0 Å². The molecule has 2 aliphatic rings. The van der Waals surface area contributed by atoms with Crippen molar-refractivity contribution in [3.05, 3.63) is 29.3 Å². The Bertz CT molecular complexity index is 558. The highest BCUT2D eigenvalue weighted by atomic mass is 32.1. The molecule has 0 amide bonds. The summed E-state index contributed by atoms with van der Waals surface area (Å²) in [5.74, 6) is 2.55. The monoisotopic (exact) mass is 260 g/mol. The lowest BCUT2D eigenvalue weighted by atomic mass is 10.2. The lowest BCUT2D eigenvalue weighted by molar-refractivity contribution is 0.150. The summed E-state index contributed by atoms with van der Waals surface area (Å²) in [4.78, 5) is 4.36. The topological polar surface area (TPSA) is 34.2 Å². The largest absolute Gasteiger partial charge is 0.381 e. The molecule has 1 saturated carbocycles. The Balaban J connectivity index is 1.34. The van der Waals surface area contributed by atoms with E-state index in [4.69, 9.17) is 4.74 Å². The fourth-order valence-corrected chi connectivity index (χ4v) is 3.72. The van der Waals surface area contributed by atoms with Gasteiger partial charge in [0, 0.05) is 6.54 Å². The summed E-state index contributed by atoms with van der Waals surface area (Å²) in [6.07, 6.45) is 0. The predicted octanol–water partition coefficient (Wildman–Crippen LogP) is 2.28. The Morgan fingerprint density at radius 3 is 3.11 bits per heavy atom. The van der Waals surface area contributed by atoms with Gasteiger partial charge in [-0.1, -0.05) is 6.07 Å². The summed E-state index contributed by atoms with van der Waals surface area (Å²) in [6, 6.07) is 6.56. The summed E-state index contributed by atoms with van der Waals surface area (Å²) in [7, 11) is 0. The van der Waals surface area contributed by atoms with Crippen molar-refractivity contribution >= 4 is 21.6 Å². The van der Waals surface area contributed by atoms with Gasteiger partial charge in [0.2, 0.25) is 0 Å². The number of nitrogens with zero attached hydrogens (tertiary/aromatic N) is 1. The molecule has 0 spiro atoms. The van der Waals surface area contributed by atoms with Crippen LogP contribution in [0.4, 0.5) is 0 Å². The third-order valence-electron chi connectivity index (χ3n) is 4.23. The lowest BCUT2D eigenvalue weighted by Gasteiger charge is -2.06. The molecule has 1 aromatic carbocycles. The number of thiazole rings is 1. The van der Waals surface area contributed by atoms with E-state index in [1.165, 1.54) is 10.3 Å². The van der Waals surface area contributed by atoms with Crippen molar-refractivity contribution in [2.75, 3.05) is 19.8 Å². The van der Waals surface area contributed by atoms with E-state index in [1.54, 1.807) is 11.3 Å². The van der Waals surface area contributed by atoms with Gasteiger partial charge >= 0.3 is 0 Å². The minimum atomic E-state index is 0.846. The maximum atomic E-state index is 5.41. The molecule has 1 aliphatic heterocycles. The van der Waals surface area contributed by atoms with Crippen LogP contribution in [-0.4, -0.2) is 24.7 Å². The van der Waals surface area contributed by atoms with E-state index in [0.29, 0.717) is 0 Å². The summed E-state index contributed by atoms with van der Waals surface area (Å²) < 4.78 is 6.68. The molecule has 1 aliphatic carbocycles. The number of nitrogens with one attached hydrogen (secondary N) is 1. The average Bonchev–Trinajstić information content (AvgIpc) is 2.82. The van der Waals surface area contributed by atoms with Crippen LogP contribution in [0.5, 0.6) is 0 Å². The Morgan fingerprint density at radius 1 is 1.33 bits per heavy atom. The summed E-state index contributed by atoms with van der Waals surface area (Å²) in [5, 5.41) is 3.57. The van der Waals surface area contributed by atoms with Gasteiger partial charge in [0.1, 0.15) is 0 Å². The van der Waals surface area contributed by atoms with Gasteiger partial charge in [-0.3, -0.25) is 0 Å². The van der Waals surface area contributed by atoms with E-state index in [2.05, 4.69) is 28.5 Å². The molecule has 2 fully saturated rings.